The van der Waals surface area contributed by atoms with Gasteiger partial charge in [0.1, 0.15) is 5.82 Å². The Kier molecular flexibility index (Phi) is 4.88. The van der Waals surface area contributed by atoms with Gasteiger partial charge in [-0.15, -0.1) is 10.2 Å². The number of hydrogen-bond acceptors (Lipinski definition) is 6. The van der Waals surface area contributed by atoms with Gasteiger partial charge >= 0.3 is 0 Å². The molecule has 0 saturated carbocycles. The lowest BCUT2D eigenvalue weighted by molar-refractivity contribution is 0.579. The van der Waals surface area contributed by atoms with E-state index in [4.69, 9.17) is 9.40 Å². The molecule has 2 heterocycles. The Bertz CT molecular complexity index is 1350. The van der Waals surface area contributed by atoms with E-state index in [-0.39, 0.29) is 11.9 Å². The van der Waals surface area contributed by atoms with Crippen LogP contribution in [0.1, 0.15) is 24.1 Å². The van der Waals surface area contributed by atoms with Crippen molar-refractivity contribution in [3.05, 3.63) is 90.0 Å². The maximum absolute atomic E-state index is 5.93. The molecule has 6 nitrogen and oxygen atoms in total. The molecule has 1 N–H and O–H groups in total. The van der Waals surface area contributed by atoms with Gasteiger partial charge in [0.2, 0.25) is 11.7 Å². The predicted molar refractivity (Wildman–Crippen MR) is 121 cm³/mol. The lowest BCUT2D eigenvalue weighted by atomic mass is 10.1. The summed E-state index contributed by atoms with van der Waals surface area (Å²) >= 11 is 0. The van der Waals surface area contributed by atoms with Crippen LogP contribution in [0.15, 0.2) is 83.3 Å². The molecule has 5 aromatic rings. The van der Waals surface area contributed by atoms with Crippen LogP contribution in [-0.2, 0) is 0 Å². The van der Waals surface area contributed by atoms with Crippen molar-refractivity contribution in [1.82, 2.24) is 20.2 Å². The Hall–Kier alpha value is -4.06. The fourth-order valence-corrected chi connectivity index (χ4v) is 3.52. The summed E-state index contributed by atoms with van der Waals surface area (Å²) in [6, 6.07) is 26.2. The molecule has 31 heavy (non-hydrogen) atoms. The van der Waals surface area contributed by atoms with Crippen molar-refractivity contribution in [2.24, 2.45) is 0 Å². The van der Waals surface area contributed by atoms with Crippen LogP contribution in [0.3, 0.4) is 0 Å². The molecule has 2 aromatic heterocycles. The molecule has 0 saturated heterocycles. The van der Waals surface area contributed by atoms with Gasteiger partial charge in [-0.2, -0.15) is 0 Å². The minimum Gasteiger partial charge on any atom is -0.413 e. The van der Waals surface area contributed by atoms with E-state index >= 15 is 0 Å². The van der Waals surface area contributed by atoms with Gasteiger partial charge in [0.25, 0.3) is 5.89 Å². The first-order valence-electron chi connectivity index (χ1n) is 10.2. The van der Waals surface area contributed by atoms with Gasteiger partial charge in [-0.3, -0.25) is 0 Å². The molecule has 3 aromatic carbocycles. The van der Waals surface area contributed by atoms with E-state index in [1.165, 1.54) is 5.56 Å². The van der Waals surface area contributed by atoms with Crippen molar-refractivity contribution in [2.45, 2.75) is 19.9 Å². The van der Waals surface area contributed by atoms with Gasteiger partial charge < -0.3 is 9.73 Å². The van der Waals surface area contributed by atoms with Gasteiger partial charge in [0.15, 0.2) is 0 Å². The molecule has 0 aliphatic rings. The lowest BCUT2D eigenvalue weighted by Gasteiger charge is -2.16. The number of fused-ring (bicyclic) bond motifs is 1. The van der Waals surface area contributed by atoms with E-state index in [1.54, 1.807) is 0 Å². The molecular formula is C25H21N5O. The third-order valence-electron chi connectivity index (χ3n) is 5.14. The number of aromatic nitrogens is 4. The first kappa shape index (κ1) is 18.9. The Balaban J connectivity index is 1.54. The summed E-state index contributed by atoms with van der Waals surface area (Å²) in [7, 11) is 0. The highest BCUT2D eigenvalue weighted by molar-refractivity contribution is 5.90. The van der Waals surface area contributed by atoms with Crippen LogP contribution in [0.2, 0.25) is 0 Å². The summed E-state index contributed by atoms with van der Waals surface area (Å²) in [5.41, 5.74) is 3.98. The quantitative estimate of drug-likeness (QED) is 0.395. The number of rotatable bonds is 5. The van der Waals surface area contributed by atoms with Gasteiger partial charge in [-0.1, -0.05) is 60.2 Å². The maximum atomic E-state index is 5.93. The van der Waals surface area contributed by atoms with Crippen LogP contribution in [0.5, 0.6) is 0 Å². The topological polar surface area (TPSA) is 76.7 Å². The summed E-state index contributed by atoms with van der Waals surface area (Å²) in [6.45, 7) is 4.13. The highest BCUT2D eigenvalue weighted by Crippen LogP contribution is 2.29. The summed E-state index contributed by atoms with van der Waals surface area (Å²) < 4.78 is 5.93. The average Bonchev–Trinajstić information content (AvgIpc) is 3.30. The Morgan fingerprint density at radius 2 is 1.58 bits per heavy atom. The van der Waals surface area contributed by atoms with Gasteiger partial charge in [-0.05, 0) is 43.7 Å². The SMILES string of the molecule is Cc1cccc(-c2nnc(-c3nc(N[C@H](C)c4ccccc4)c4ccccc4n3)o2)c1. The van der Waals surface area contributed by atoms with Crippen molar-refractivity contribution in [1.29, 1.82) is 0 Å². The van der Waals surface area contributed by atoms with Crippen molar-refractivity contribution in [3.63, 3.8) is 0 Å². The summed E-state index contributed by atoms with van der Waals surface area (Å²) in [5.74, 6) is 1.86. The zero-order valence-corrected chi connectivity index (χ0v) is 17.3. The molecule has 0 unspecified atom stereocenters. The van der Waals surface area contributed by atoms with E-state index in [2.05, 4.69) is 39.6 Å². The second-order valence-electron chi connectivity index (χ2n) is 7.47. The molecule has 5 rings (SSSR count). The normalized spacial score (nSPS) is 12.1. The van der Waals surface area contributed by atoms with Crippen molar-refractivity contribution < 1.29 is 4.42 Å². The molecule has 0 spiro atoms. The summed E-state index contributed by atoms with van der Waals surface area (Å²) in [5, 5.41) is 12.9. The van der Waals surface area contributed by atoms with Crippen LogP contribution < -0.4 is 5.32 Å². The smallest absolute Gasteiger partial charge is 0.286 e. The molecule has 6 heteroatoms. The fraction of sp³-hybridized carbons (Fsp3) is 0.120. The Morgan fingerprint density at radius 3 is 2.42 bits per heavy atom. The molecule has 0 amide bonds. The molecule has 0 fully saturated rings. The van der Waals surface area contributed by atoms with E-state index in [1.807, 2.05) is 73.7 Å². The van der Waals surface area contributed by atoms with Crippen LogP contribution in [0, 0.1) is 6.92 Å². The zero-order valence-electron chi connectivity index (χ0n) is 17.3. The van der Waals surface area contributed by atoms with E-state index < -0.39 is 0 Å². The molecule has 0 bridgehead atoms. The highest BCUT2D eigenvalue weighted by atomic mass is 16.4. The van der Waals surface area contributed by atoms with E-state index in [9.17, 15) is 0 Å². The number of hydrogen-bond donors (Lipinski definition) is 1. The highest BCUT2D eigenvalue weighted by Gasteiger charge is 2.17. The number of para-hydroxylation sites is 1. The van der Waals surface area contributed by atoms with Gasteiger partial charge in [-0.25, -0.2) is 9.97 Å². The van der Waals surface area contributed by atoms with Gasteiger partial charge in [0, 0.05) is 17.0 Å². The number of nitrogens with zero attached hydrogens (tertiary/aromatic N) is 4. The Labute approximate surface area is 180 Å². The number of aryl methyl sites for hydroxylation is 1. The minimum absolute atomic E-state index is 0.0675. The van der Waals surface area contributed by atoms with E-state index in [0.29, 0.717) is 11.7 Å². The third-order valence-corrected chi connectivity index (χ3v) is 5.14. The number of benzene rings is 3. The minimum atomic E-state index is 0.0675. The summed E-state index contributed by atoms with van der Waals surface area (Å²) in [6.07, 6.45) is 0. The van der Waals surface area contributed by atoms with Crippen LogP contribution >= 0.6 is 0 Å². The first-order valence-corrected chi connectivity index (χ1v) is 10.2. The summed E-state index contributed by atoms with van der Waals surface area (Å²) in [4.78, 5) is 9.41. The second kappa shape index (κ2) is 7.99. The lowest BCUT2D eigenvalue weighted by Crippen LogP contribution is -2.09. The van der Waals surface area contributed by atoms with Crippen LogP contribution in [0.25, 0.3) is 34.1 Å². The second-order valence-corrected chi connectivity index (χ2v) is 7.47. The molecule has 0 aliphatic heterocycles. The van der Waals surface area contributed by atoms with Crippen molar-refractivity contribution in [2.75, 3.05) is 5.32 Å². The van der Waals surface area contributed by atoms with Crippen LogP contribution in [-0.4, -0.2) is 20.2 Å². The van der Waals surface area contributed by atoms with Gasteiger partial charge in [0.05, 0.1) is 5.52 Å². The van der Waals surface area contributed by atoms with Crippen LogP contribution in [0.4, 0.5) is 5.82 Å². The molecule has 0 aliphatic carbocycles. The van der Waals surface area contributed by atoms with E-state index in [0.717, 1.165) is 27.8 Å². The third kappa shape index (κ3) is 3.88. The molecule has 0 radical (unpaired) electrons. The first-order chi connectivity index (χ1) is 15.2. The number of anilines is 1. The zero-order chi connectivity index (χ0) is 21.2. The fourth-order valence-electron chi connectivity index (χ4n) is 3.52. The maximum Gasteiger partial charge on any atom is 0.286 e. The largest absolute Gasteiger partial charge is 0.413 e. The standard InChI is InChI=1S/C25H21N5O/c1-16-9-8-12-19(15-16)24-29-30-25(31-24)23-27-21-14-7-6-13-20(21)22(28-23)26-17(2)18-10-4-3-5-11-18/h3-15,17H,1-2H3,(H,26,27,28)/t17-/m1/s1. The average molecular weight is 407 g/mol. The molecule has 152 valence electrons. The Morgan fingerprint density at radius 1 is 0.806 bits per heavy atom. The van der Waals surface area contributed by atoms with Crippen molar-refractivity contribution >= 4 is 16.7 Å². The number of nitrogens with one attached hydrogen (secondary N) is 1. The molecular weight excluding hydrogens is 386 g/mol. The molecule has 1 atom stereocenters. The predicted octanol–water partition coefficient (Wildman–Crippen LogP) is 5.83. The monoisotopic (exact) mass is 407 g/mol. The van der Waals surface area contributed by atoms with Crippen molar-refractivity contribution in [3.8, 4) is 23.2 Å².